The number of hydrogen-bond acceptors (Lipinski definition) is 2. The van der Waals surface area contributed by atoms with Gasteiger partial charge < -0.3 is 10.2 Å². The van der Waals surface area contributed by atoms with E-state index in [1.807, 2.05) is 44.0 Å². The summed E-state index contributed by atoms with van der Waals surface area (Å²) in [5.41, 5.74) is 2.86. The second kappa shape index (κ2) is 7.17. The molecule has 0 radical (unpaired) electrons. The van der Waals surface area contributed by atoms with Crippen LogP contribution < -0.4 is 5.32 Å². The fourth-order valence-corrected chi connectivity index (χ4v) is 1.94. The summed E-state index contributed by atoms with van der Waals surface area (Å²) in [4.78, 5) is 14.3. The molecule has 1 N–H and O–H groups in total. The zero-order valence-corrected chi connectivity index (χ0v) is 12.8. The molecule has 3 heteroatoms. The first-order chi connectivity index (χ1) is 8.95. The van der Waals surface area contributed by atoms with Crippen LogP contribution in [0.2, 0.25) is 0 Å². The molecule has 0 saturated carbocycles. The van der Waals surface area contributed by atoms with Crippen LogP contribution >= 0.6 is 0 Å². The predicted octanol–water partition coefficient (Wildman–Crippen LogP) is 3.54. The van der Waals surface area contributed by atoms with E-state index in [2.05, 4.69) is 19.2 Å². The molecule has 0 spiro atoms. The molecular formula is C16H26N2O. The maximum absolute atomic E-state index is 12.5. The van der Waals surface area contributed by atoms with Crippen molar-refractivity contribution >= 4 is 11.6 Å². The van der Waals surface area contributed by atoms with E-state index in [4.69, 9.17) is 0 Å². The third kappa shape index (κ3) is 4.58. The van der Waals surface area contributed by atoms with Gasteiger partial charge in [-0.25, -0.2) is 0 Å². The van der Waals surface area contributed by atoms with Crippen LogP contribution in [0.1, 0.15) is 43.1 Å². The lowest BCUT2D eigenvalue weighted by Crippen LogP contribution is -2.29. The van der Waals surface area contributed by atoms with Crippen LogP contribution in [0, 0.1) is 12.8 Å². The molecule has 0 aliphatic carbocycles. The molecule has 0 heterocycles. The average molecular weight is 262 g/mol. The maximum atomic E-state index is 12.5. The Morgan fingerprint density at radius 2 is 2.05 bits per heavy atom. The molecule has 0 aliphatic rings. The average Bonchev–Trinajstić information content (AvgIpc) is 2.35. The van der Waals surface area contributed by atoms with Crippen molar-refractivity contribution < 1.29 is 4.79 Å². The molecule has 0 atom stereocenters. The van der Waals surface area contributed by atoms with Gasteiger partial charge in [0.05, 0.1) is 5.56 Å². The van der Waals surface area contributed by atoms with Gasteiger partial charge in [-0.3, -0.25) is 4.79 Å². The number of carbonyl (C=O) groups excluding carboxylic acids is 1. The summed E-state index contributed by atoms with van der Waals surface area (Å²) >= 11 is 0. The summed E-state index contributed by atoms with van der Waals surface area (Å²) in [6.45, 7) is 10.1. The van der Waals surface area contributed by atoms with Crippen molar-refractivity contribution in [1.29, 1.82) is 0 Å². The topological polar surface area (TPSA) is 32.3 Å². The van der Waals surface area contributed by atoms with Crippen molar-refractivity contribution in [3.63, 3.8) is 0 Å². The maximum Gasteiger partial charge on any atom is 0.255 e. The van der Waals surface area contributed by atoms with Gasteiger partial charge in [0.1, 0.15) is 0 Å². The monoisotopic (exact) mass is 262 g/mol. The highest BCUT2D eigenvalue weighted by atomic mass is 16.2. The molecule has 0 bridgehead atoms. The highest BCUT2D eigenvalue weighted by Crippen LogP contribution is 2.19. The molecular weight excluding hydrogens is 236 g/mol. The van der Waals surface area contributed by atoms with Crippen LogP contribution in [0.5, 0.6) is 0 Å². The van der Waals surface area contributed by atoms with Gasteiger partial charge in [-0.2, -0.15) is 0 Å². The Balaban J connectivity index is 2.86. The third-order valence-electron chi connectivity index (χ3n) is 3.16. The van der Waals surface area contributed by atoms with Gasteiger partial charge in [-0.05, 0) is 43.9 Å². The second-order valence-corrected chi connectivity index (χ2v) is 5.49. The zero-order valence-electron chi connectivity index (χ0n) is 12.8. The van der Waals surface area contributed by atoms with Gasteiger partial charge in [0.2, 0.25) is 0 Å². The van der Waals surface area contributed by atoms with Crippen molar-refractivity contribution in [2.45, 2.75) is 34.1 Å². The van der Waals surface area contributed by atoms with E-state index >= 15 is 0 Å². The van der Waals surface area contributed by atoms with E-state index in [-0.39, 0.29) is 5.91 Å². The number of anilines is 1. The lowest BCUT2D eigenvalue weighted by Gasteiger charge is -2.20. The van der Waals surface area contributed by atoms with Crippen molar-refractivity contribution in [3.05, 3.63) is 29.3 Å². The van der Waals surface area contributed by atoms with Crippen LogP contribution in [0.4, 0.5) is 5.69 Å². The normalized spacial score (nSPS) is 10.6. The zero-order chi connectivity index (χ0) is 14.4. The molecule has 1 aromatic carbocycles. The highest BCUT2D eigenvalue weighted by Gasteiger charge is 2.15. The van der Waals surface area contributed by atoms with E-state index in [1.165, 1.54) is 0 Å². The van der Waals surface area contributed by atoms with Gasteiger partial charge in [-0.15, -0.1) is 0 Å². The Kier molecular flexibility index (Phi) is 5.87. The minimum absolute atomic E-state index is 0.0941. The Bertz CT molecular complexity index is 427. The summed E-state index contributed by atoms with van der Waals surface area (Å²) in [6, 6.07) is 5.94. The first-order valence-electron chi connectivity index (χ1n) is 7.05. The van der Waals surface area contributed by atoms with Crippen LogP contribution in [0.3, 0.4) is 0 Å². The summed E-state index contributed by atoms with van der Waals surface area (Å²) in [5.74, 6) is 0.707. The standard InChI is InChI=1S/C16H26N2O/c1-6-17-15-11-13(4)7-8-14(15)16(19)18(5)10-9-12(2)3/h7-8,11-12,17H,6,9-10H2,1-5H3. The largest absolute Gasteiger partial charge is 0.385 e. The van der Waals surface area contributed by atoms with Gasteiger partial charge >= 0.3 is 0 Å². The third-order valence-corrected chi connectivity index (χ3v) is 3.16. The fraction of sp³-hybridized carbons (Fsp3) is 0.562. The first-order valence-corrected chi connectivity index (χ1v) is 7.05. The molecule has 0 aromatic heterocycles. The number of rotatable bonds is 6. The van der Waals surface area contributed by atoms with Crippen LogP contribution in [-0.4, -0.2) is 30.9 Å². The molecule has 1 rings (SSSR count). The molecule has 3 nitrogen and oxygen atoms in total. The van der Waals surface area contributed by atoms with E-state index in [0.717, 1.165) is 36.3 Å². The highest BCUT2D eigenvalue weighted by molar-refractivity contribution is 5.99. The van der Waals surface area contributed by atoms with Gasteiger partial charge in [0.15, 0.2) is 0 Å². The summed E-state index contributed by atoms with van der Waals surface area (Å²) < 4.78 is 0. The number of nitrogens with one attached hydrogen (secondary N) is 1. The Labute approximate surface area is 117 Å². The number of carbonyl (C=O) groups is 1. The van der Waals surface area contributed by atoms with E-state index in [1.54, 1.807) is 0 Å². The predicted molar refractivity (Wildman–Crippen MR) is 81.8 cm³/mol. The number of aryl methyl sites for hydroxylation is 1. The van der Waals surface area contributed by atoms with E-state index < -0.39 is 0 Å². The number of benzene rings is 1. The molecule has 0 aliphatic heterocycles. The lowest BCUT2D eigenvalue weighted by molar-refractivity contribution is 0.0790. The number of hydrogen-bond donors (Lipinski definition) is 1. The number of amides is 1. The van der Waals surface area contributed by atoms with Crippen LogP contribution in [0.25, 0.3) is 0 Å². The minimum Gasteiger partial charge on any atom is -0.385 e. The summed E-state index contributed by atoms with van der Waals surface area (Å²) in [6.07, 6.45) is 1.03. The molecule has 106 valence electrons. The summed E-state index contributed by atoms with van der Waals surface area (Å²) in [5, 5.41) is 3.27. The molecule has 0 unspecified atom stereocenters. The van der Waals surface area contributed by atoms with Crippen molar-refractivity contribution in [1.82, 2.24) is 4.90 Å². The molecule has 1 amide bonds. The molecule has 19 heavy (non-hydrogen) atoms. The van der Waals surface area contributed by atoms with E-state index in [0.29, 0.717) is 5.92 Å². The fourth-order valence-electron chi connectivity index (χ4n) is 1.94. The quantitative estimate of drug-likeness (QED) is 0.850. The smallest absolute Gasteiger partial charge is 0.255 e. The first kappa shape index (κ1) is 15.5. The SMILES string of the molecule is CCNc1cc(C)ccc1C(=O)N(C)CCC(C)C. The second-order valence-electron chi connectivity index (χ2n) is 5.49. The minimum atomic E-state index is 0.0941. The van der Waals surface area contributed by atoms with Crippen molar-refractivity contribution in [2.75, 3.05) is 25.5 Å². The summed E-state index contributed by atoms with van der Waals surface area (Å²) in [7, 11) is 1.88. The van der Waals surface area contributed by atoms with Gasteiger partial charge in [0, 0.05) is 25.8 Å². The van der Waals surface area contributed by atoms with Crippen molar-refractivity contribution in [2.24, 2.45) is 5.92 Å². The Morgan fingerprint density at radius 1 is 1.37 bits per heavy atom. The van der Waals surface area contributed by atoms with Crippen LogP contribution in [0.15, 0.2) is 18.2 Å². The van der Waals surface area contributed by atoms with Gasteiger partial charge in [-0.1, -0.05) is 19.9 Å². The van der Waals surface area contributed by atoms with Crippen LogP contribution in [-0.2, 0) is 0 Å². The molecule has 0 saturated heterocycles. The number of nitrogens with zero attached hydrogens (tertiary/aromatic N) is 1. The molecule has 1 aromatic rings. The van der Waals surface area contributed by atoms with Crippen molar-refractivity contribution in [3.8, 4) is 0 Å². The Morgan fingerprint density at radius 3 is 2.63 bits per heavy atom. The van der Waals surface area contributed by atoms with Gasteiger partial charge in [0.25, 0.3) is 5.91 Å². The Hall–Kier alpha value is -1.51. The molecule has 0 fully saturated rings. The lowest BCUT2D eigenvalue weighted by atomic mass is 10.1. The van der Waals surface area contributed by atoms with E-state index in [9.17, 15) is 4.79 Å².